The largest absolute Gasteiger partial charge is 0.492 e. The standard InChI is InChI=1S/C25H38ClN7O/c1-3-33-14-8-11-20(33)17-28-24-30-23(27-16-18-9-6-5-7-10-18)31-25(32-24)29-19-12-13-22(34-4-2)21(26)15-19/h12-13,15,18,20H,3-11,14,16-17H2,1-2H3,(H3,27,28,29,30,31,32). The fraction of sp³-hybridized carbons (Fsp3) is 0.640. The Morgan fingerprint density at radius 3 is 2.38 bits per heavy atom. The molecule has 9 heteroatoms. The van der Waals surface area contributed by atoms with Gasteiger partial charge in [-0.3, -0.25) is 4.90 Å². The van der Waals surface area contributed by atoms with Gasteiger partial charge in [0.15, 0.2) is 0 Å². The van der Waals surface area contributed by atoms with E-state index in [9.17, 15) is 0 Å². The first-order valence-electron chi connectivity index (χ1n) is 12.8. The molecule has 2 aliphatic rings. The van der Waals surface area contributed by atoms with Gasteiger partial charge < -0.3 is 20.7 Å². The molecule has 1 aliphatic carbocycles. The molecule has 1 saturated carbocycles. The van der Waals surface area contributed by atoms with Crippen molar-refractivity contribution in [3.05, 3.63) is 23.2 Å². The van der Waals surface area contributed by atoms with E-state index >= 15 is 0 Å². The summed E-state index contributed by atoms with van der Waals surface area (Å²) in [4.78, 5) is 16.5. The highest BCUT2D eigenvalue weighted by molar-refractivity contribution is 6.32. The molecule has 2 heterocycles. The van der Waals surface area contributed by atoms with Gasteiger partial charge in [-0.2, -0.15) is 15.0 Å². The molecule has 1 atom stereocenters. The van der Waals surface area contributed by atoms with Gasteiger partial charge in [0.2, 0.25) is 17.8 Å². The molecule has 34 heavy (non-hydrogen) atoms. The van der Waals surface area contributed by atoms with Crippen molar-refractivity contribution in [3.8, 4) is 5.75 Å². The van der Waals surface area contributed by atoms with E-state index in [1.165, 1.54) is 51.5 Å². The minimum atomic E-state index is 0.489. The number of nitrogens with zero attached hydrogens (tertiary/aromatic N) is 4. The van der Waals surface area contributed by atoms with Gasteiger partial charge in [0.25, 0.3) is 0 Å². The zero-order chi connectivity index (χ0) is 23.8. The van der Waals surface area contributed by atoms with E-state index in [0.29, 0.717) is 47.2 Å². The van der Waals surface area contributed by atoms with Crippen molar-refractivity contribution in [2.45, 2.75) is 64.8 Å². The van der Waals surface area contributed by atoms with Crippen LogP contribution in [0.1, 0.15) is 58.8 Å². The minimum absolute atomic E-state index is 0.489. The van der Waals surface area contributed by atoms with Crippen LogP contribution in [-0.4, -0.2) is 58.7 Å². The number of benzene rings is 1. The molecule has 0 spiro atoms. The van der Waals surface area contributed by atoms with Gasteiger partial charge in [-0.15, -0.1) is 0 Å². The lowest BCUT2D eigenvalue weighted by molar-refractivity contribution is 0.277. The normalized spacial score (nSPS) is 19.2. The number of rotatable bonds is 11. The first kappa shape index (κ1) is 24.8. The summed E-state index contributed by atoms with van der Waals surface area (Å²) < 4.78 is 5.54. The maximum atomic E-state index is 6.37. The van der Waals surface area contributed by atoms with Crippen molar-refractivity contribution in [3.63, 3.8) is 0 Å². The Balaban J connectivity index is 1.47. The molecular formula is C25H38ClN7O. The van der Waals surface area contributed by atoms with Crippen LogP contribution in [0.15, 0.2) is 18.2 Å². The van der Waals surface area contributed by atoms with E-state index in [2.05, 4.69) is 42.7 Å². The molecule has 4 rings (SSSR count). The molecule has 2 fully saturated rings. The van der Waals surface area contributed by atoms with Crippen molar-refractivity contribution in [1.82, 2.24) is 19.9 Å². The first-order valence-corrected chi connectivity index (χ1v) is 13.2. The number of aromatic nitrogens is 3. The molecule has 1 unspecified atom stereocenters. The van der Waals surface area contributed by atoms with E-state index < -0.39 is 0 Å². The molecule has 8 nitrogen and oxygen atoms in total. The van der Waals surface area contributed by atoms with Gasteiger partial charge in [0, 0.05) is 24.8 Å². The lowest BCUT2D eigenvalue weighted by atomic mass is 9.89. The van der Waals surface area contributed by atoms with Crippen LogP contribution in [0.25, 0.3) is 0 Å². The van der Waals surface area contributed by atoms with Crippen LogP contribution in [0.5, 0.6) is 5.75 Å². The molecule has 0 bridgehead atoms. The van der Waals surface area contributed by atoms with Crippen LogP contribution in [0.3, 0.4) is 0 Å². The predicted octanol–water partition coefficient (Wildman–Crippen LogP) is 5.56. The van der Waals surface area contributed by atoms with Crippen LogP contribution in [0.4, 0.5) is 23.5 Å². The number of nitrogens with one attached hydrogen (secondary N) is 3. The van der Waals surface area contributed by atoms with Crippen molar-refractivity contribution < 1.29 is 4.74 Å². The van der Waals surface area contributed by atoms with E-state index in [1.807, 2.05) is 25.1 Å². The molecular weight excluding hydrogens is 450 g/mol. The number of anilines is 4. The summed E-state index contributed by atoms with van der Waals surface area (Å²) in [6.45, 7) is 8.69. The van der Waals surface area contributed by atoms with Crippen molar-refractivity contribution in [2.24, 2.45) is 5.92 Å². The molecule has 0 radical (unpaired) electrons. The number of likely N-dealkylation sites (N-methyl/N-ethyl adjacent to an activating group) is 1. The van der Waals surface area contributed by atoms with Crippen molar-refractivity contribution in [1.29, 1.82) is 0 Å². The Morgan fingerprint density at radius 1 is 0.941 bits per heavy atom. The van der Waals surface area contributed by atoms with Crippen LogP contribution in [0.2, 0.25) is 5.02 Å². The third kappa shape index (κ3) is 6.85. The summed E-state index contributed by atoms with van der Waals surface area (Å²) in [7, 11) is 0. The maximum absolute atomic E-state index is 6.37. The van der Waals surface area contributed by atoms with E-state index in [-0.39, 0.29) is 0 Å². The number of hydrogen-bond donors (Lipinski definition) is 3. The summed E-state index contributed by atoms with van der Waals surface area (Å²) in [6.07, 6.45) is 8.98. The highest BCUT2D eigenvalue weighted by atomic mass is 35.5. The fourth-order valence-electron chi connectivity index (χ4n) is 4.95. The van der Waals surface area contributed by atoms with Crippen LogP contribution < -0.4 is 20.7 Å². The second kappa shape index (κ2) is 12.4. The fourth-order valence-corrected chi connectivity index (χ4v) is 5.18. The number of ether oxygens (including phenoxy) is 1. The predicted molar refractivity (Wildman–Crippen MR) is 140 cm³/mol. The highest BCUT2D eigenvalue weighted by Gasteiger charge is 2.23. The second-order valence-corrected chi connectivity index (χ2v) is 9.61. The second-order valence-electron chi connectivity index (χ2n) is 9.20. The summed E-state index contributed by atoms with van der Waals surface area (Å²) in [5.74, 6) is 3.02. The molecule has 186 valence electrons. The monoisotopic (exact) mass is 487 g/mol. The van der Waals surface area contributed by atoms with E-state index in [4.69, 9.17) is 16.3 Å². The molecule has 1 saturated heterocycles. The summed E-state index contributed by atoms with van der Waals surface area (Å²) in [6, 6.07) is 6.12. The quantitative estimate of drug-likeness (QED) is 0.380. The van der Waals surface area contributed by atoms with Gasteiger partial charge in [0.1, 0.15) is 5.75 Å². The highest BCUT2D eigenvalue weighted by Crippen LogP contribution is 2.29. The zero-order valence-corrected chi connectivity index (χ0v) is 21.2. The van der Waals surface area contributed by atoms with Crippen molar-refractivity contribution in [2.75, 3.05) is 48.7 Å². The van der Waals surface area contributed by atoms with Crippen LogP contribution >= 0.6 is 11.6 Å². The third-order valence-electron chi connectivity index (χ3n) is 6.80. The Hall–Kier alpha value is -2.32. The van der Waals surface area contributed by atoms with Gasteiger partial charge >= 0.3 is 0 Å². The van der Waals surface area contributed by atoms with Crippen LogP contribution in [0, 0.1) is 5.92 Å². The van der Waals surface area contributed by atoms with Crippen molar-refractivity contribution >= 4 is 35.1 Å². The average molecular weight is 488 g/mol. The first-order chi connectivity index (χ1) is 16.6. The molecule has 1 aliphatic heterocycles. The number of likely N-dealkylation sites (tertiary alicyclic amines) is 1. The maximum Gasteiger partial charge on any atom is 0.233 e. The topological polar surface area (TPSA) is 87.2 Å². The van der Waals surface area contributed by atoms with E-state index in [1.54, 1.807) is 0 Å². The summed E-state index contributed by atoms with van der Waals surface area (Å²) in [5, 5.41) is 10.8. The molecule has 0 amide bonds. The van der Waals surface area contributed by atoms with E-state index in [0.717, 1.165) is 25.3 Å². The minimum Gasteiger partial charge on any atom is -0.492 e. The Bertz CT molecular complexity index is 922. The molecule has 2 aromatic rings. The van der Waals surface area contributed by atoms with Gasteiger partial charge in [-0.1, -0.05) is 37.8 Å². The van der Waals surface area contributed by atoms with Gasteiger partial charge in [-0.25, -0.2) is 0 Å². The summed E-state index contributed by atoms with van der Waals surface area (Å²) in [5.41, 5.74) is 0.803. The van der Waals surface area contributed by atoms with Crippen LogP contribution in [-0.2, 0) is 0 Å². The zero-order valence-electron chi connectivity index (χ0n) is 20.4. The third-order valence-corrected chi connectivity index (χ3v) is 7.09. The van der Waals surface area contributed by atoms with Gasteiger partial charge in [0.05, 0.1) is 11.6 Å². The lowest BCUT2D eigenvalue weighted by Gasteiger charge is -2.23. The number of hydrogen-bond acceptors (Lipinski definition) is 8. The molecule has 3 N–H and O–H groups in total. The SMILES string of the molecule is CCOc1ccc(Nc2nc(NCC3CCCCC3)nc(NCC3CCCN3CC)n2)cc1Cl. The summed E-state index contributed by atoms with van der Waals surface area (Å²) >= 11 is 6.37. The molecule has 1 aromatic heterocycles. The Kier molecular flexibility index (Phi) is 9.04. The lowest BCUT2D eigenvalue weighted by Crippen LogP contribution is -2.35. The Labute approximate surface area is 208 Å². The average Bonchev–Trinajstić information content (AvgIpc) is 3.31. The Morgan fingerprint density at radius 2 is 1.68 bits per heavy atom. The molecule has 1 aromatic carbocycles. The van der Waals surface area contributed by atoms with Gasteiger partial charge in [-0.05, 0) is 69.8 Å². The smallest absolute Gasteiger partial charge is 0.233 e. The number of halogens is 1.